The van der Waals surface area contributed by atoms with E-state index in [9.17, 15) is 14.5 Å². The molecule has 0 atom stereocenters. The van der Waals surface area contributed by atoms with Gasteiger partial charge in [-0.1, -0.05) is 25.1 Å². The number of halogens is 1. The number of para-hydroxylation sites is 1. The van der Waals surface area contributed by atoms with Crippen molar-refractivity contribution in [3.63, 3.8) is 0 Å². The van der Waals surface area contributed by atoms with Gasteiger partial charge in [0.05, 0.1) is 11.0 Å². The van der Waals surface area contributed by atoms with Crippen LogP contribution in [0.2, 0.25) is 0 Å². The van der Waals surface area contributed by atoms with Crippen molar-refractivity contribution in [3.8, 4) is 5.75 Å². The summed E-state index contributed by atoms with van der Waals surface area (Å²) in [6.45, 7) is 2.10. The van der Waals surface area contributed by atoms with Crippen molar-refractivity contribution < 1.29 is 14.1 Å². The number of aryl methyl sites for hydroxylation is 1. The van der Waals surface area contributed by atoms with Gasteiger partial charge in [0.25, 0.3) is 5.69 Å². The zero-order valence-corrected chi connectivity index (χ0v) is 11.0. The van der Waals surface area contributed by atoms with Gasteiger partial charge in [-0.15, -0.1) is 0 Å². The number of benzene rings is 2. The molecule has 0 heterocycles. The number of ether oxygens (including phenoxy) is 1. The third-order valence-corrected chi connectivity index (χ3v) is 2.90. The lowest BCUT2D eigenvalue weighted by Crippen LogP contribution is -2.00. The number of nitrogens with zero attached hydrogens (tertiary/aromatic N) is 1. The van der Waals surface area contributed by atoms with E-state index in [0.717, 1.165) is 18.1 Å². The van der Waals surface area contributed by atoms with Gasteiger partial charge in [-0.2, -0.15) is 0 Å². The highest BCUT2D eigenvalue weighted by Crippen LogP contribution is 2.21. The van der Waals surface area contributed by atoms with Crippen LogP contribution in [0.1, 0.15) is 18.1 Å². The van der Waals surface area contributed by atoms with Gasteiger partial charge in [-0.25, -0.2) is 4.39 Å². The largest absolute Gasteiger partial charge is 0.489 e. The molecule has 0 N–H and O–H groups in total. The summed E-state index contributed by atoms with van der Waals surface area (Å²) in [4.78, 5) is 10.1. The molecule has 0 aliphatic carbocycles. The lowest BCUT2D eigenvalue weighted by molar-refractivity contribution is -0.385. The smallest absolute Gasteiger partial charge is 0.272 e. The first-order chi connectivity index (χ1) is 9.60. The molecule has 2 aromatic carbocycles. The minimum absolute atomic E-state index is 0.0929. The van der Waals surface area contributed by atoms with Crippen molar-refractivity contribution in [2.45, 2.75) is 20.0 Å². The lowest BCUT2D eigenvalue weighted by Gasteiger charge is -2.10. The van der Waals surface area contributed by atoms with Crippen molar-refractivity contribution in [3.05, 3.63) is 69.5 Å². The average Bonchev–Trinajstić information content (AvgIpc) is 2.44. The maximum Gasteiger partial charge on any atom is 0.272 e. The molecule has 0 aliphatic heterocycles. The van der Waals surface area contributed by atoms with Crippen molar-refractivity contribution in [1.82, 2.24) is 0 Å². The van der Waals surface area contributed by atoms with Gasteiger partial charge in [0.1, 0.15) is 18.2 Å². The Morgan fingerprint density at radius 2 is 2.00 bits per heavy atom. The number of non-ortho nitro benzene ring substituents is 1. The molecule has 0 bridgehead atoms. The molecule has 0 aromatic heterocycles. The van der Waals surface area contributed by atoms with Gasteiger partial charge in [0.15, 0.2) is 0 Å². The highest BCUT2D eigenvalue weighted by Gasteiger charge is 2.10. The first-order valence-corrected chi connectivity index (χ1v) is 6.24. The Kier molecular flexibility index (Phi) is 4.30. The minimum atomic E-state index is -0.637. The molecule has 0 unspecified atom stereocenters. The second-order valence-electron chi connectivity index (χ2n) is 4.32. The molecule has 0 spiro atoms. The van der Waals surface area contributed by atoms with Gasteiger partial charge in [0, 0.05) is 6.07 Å². The van der Waals surface area contributed by atoms with E-state index in [1.54, 1.807) is 0 Å². The maximum atomic E-state index is 13.3. The zero-order chi connectivity index (χ0) is 14.5. The summed E-state index contributed by atoms with van der Waals surface area (Å²) in [6, 6.07) is 11.0. The van der Waals surface area contributed by atoms with Crippen molar-refractivity contribution in [2.24, 2.45) is 0 Å². The second-order valence-corrected chi connectivity index (χ2v) is 4.32. The van der Waals surface area contributed by atoms with Crippen LogP contribution in [0.25, 0.3) is 0 Å². The van der Waals surface area contributed by atoms with Crippen molar-refractivity contribution >= 4 is 5.69 Å². The summed E-state index contributed by atoms with van der Waals surface area (Å²) >= 11 is 0. The number of rotatable bonds is 5. The SMILES string of the molecule is CCc1ccccc1OCc1cc(F)cc([N+](=O)[O-])c1. The van der Waals surface area contributed by atoms with Crippen molar-refractivity contribution in [2.75, 3.05) is 0 Å². The van der Waals surface area contributed by atoms with E-state index in [1.807, 2.05) is 31.2 Å². The average molecular weight is 275 g/mol. The zero-order valence-electron chi connectivity index (χ0n) is 11.0. The highest BCUT2D eigenvalue weighted by molar-refractivity contribution is 5.36. The van der Waals surface area contributed by atoms with Crippen LogP contribution in [0.5, 0.6) is 5.75 Å². The van der Waals surface area contributed by atoms with Crippen LogP contribution >= 0.6 is 0 Å². The normalized spacial score (nSPS) is 10.3. The summed E-state index contributed by atoms with van der Waals surface area (Å²) in [5.74, 6) is 0.0727. The van der Waals surface area contributed by atoms with Gasteiger partial charge in [-0.05, 0) is 29.7 Å². The van der Waals surface area contributed by atoms with E-state index in [0.29, 0.717) is 11.3 Å². The molecule has 0 aliphatic rings. The van der Waals surface area contributed by atoms with Crippen LogP contribution in [0.4, 0.5) is 10.1 Å². The van der Waals surface area contributed by atoms with E-state index in [-0.39, 0.29) is 12.3 Å². The first kappa shape index (κ1) is 14.0. The van der Waals surface area contributed by atoms with Gasteiger partial charge >= 0.3 is 0 Å². The fourth-order valence-corrected chi connectivity index (χ4v) is 1.92. The fourth-order valence-electron chi connectivity index (χ4n) is 1.92. The van der Waals surface area contributed by atoms with Crippen LogP contribution in [0, 0.1) is 15.9 Å². The topological polar surface area (TPSA) is 52.4 Å². The molecule has 0 amide bonds. The predicted octanol–water partition coefficient (Wildman–Crippen LogP) is 3.88. The lowest BCUT2D eigenvalue weighted by atomic mass is 10.1. The van der Waals surface area contributed by atoms with Gasteiger partial charge in [-0.3, -0.25) is 10.1 Å². The van der Waals surface area contributed by atoms with Gasteiger partial charge < -0.3 is 4.74 Å². The monoisotopic (exact) mass is 275 g/mol. The second kappa shape index (κ2) is 6.14. The van der Waals surface area contributed by atoms with Crippen LogP contribution in [0.15, 0.2) is 42.5 Å². The molecule has 4 nitrogen and oxygen atoms in total. The van der Waals surface area contributed by atoms with Gasteiger partial charge in [0.2, 0.25) is 0 Å². The Morgan fingerprint density at radius 1 is 1.25 bits per heavy atom. The molecule has 2 rings (SSSR count). The Bertz CT molecular complexity index is 628. The third kappa shape index (κ3) is 3.32. The van der Waals surface area contributed by atoms with E-state index in [4.69, 9.17) is 4.74 Å². The molecular weight excluding hydrogens is 261 g/mol. The Balaban J connectivity index is 2.16. The number of hydrogen-bond donors (Lipinski definition) is 0. The molecular formula is C15H14FNO3. The molecule has 0 saturated heterocycles. The molecule has 104 valence electrons. The third-order valence-electron chi connectivity index (χ3n) is 2.90. The van der Waals surface area contributed by atoms with Crippen LogP contribution in [-0.2, 0) is 13.0 Å². The fraction of sp³-hybridized carbons (Fsp3) is 0.200. The van der Waals surface area contributed by atoms with E-state index in [2.05, 4.69) is 0 Å². The number of nitro groups is 1. The summed E-state index contributed by atoms with van der Waals surface area (Å²) in [5, 5.41) is 10.7. The number of hydrogen-bond acceptors (Lipinski definition) is 3. The molecule has 5 heteroatoms. The number of nitro benzene ring substituents is 1. The summed E-state index contributed by atoms with van der Waals surface area (Å²) in [5.41, 5.74) is 1.20. The molecule has 20 heavy (non-hydrogen) atoms. The minimum Gasteiger partial charge on any atom is -0.489 e. The molecule has 0 fully saturated rings. The van der Waals surface area contributed by atoms with Crippen LogP contribution in [0.3, 0.4) is 0 Å². The summed E-state index contributed by atoms with van der Waals surface area (Å²) < 4.78 is 18.9. The molecule has 2 aromatic rings. The molecule has 0 saturated carbocycles. The van der Waals surface area contributed by atoms with E-state index in [1.165, 1.54) is 12.1 Å². The Labute approximate surface area is 116 Å². The quantitative estimate of drug-likeness (QED) is 0.614. The maximum absolute atomic E-state index is 13.3. The Hall–Kier alpha value is -2.43. The molecule has 0 radical (unpaired) electrons. The van der Waals surface area contributed by atoms with Crippen LogP contribution < -0.4 is 4.74 Å². The summed E-state index contributed by atoms with van der Waals surface area (Å²) in [7, 11) is 0. The Morgan fingerprint density at radius 3 is 2.70 bits per heavy atom. The van der Waals surface area contributed by atoms with E-state index < -0.39 is 10.7 Å². The predicted molar refractivity (Wildman–Crippen MR) is 73.2 cm³/mol. The van der Waals surface area contributed by atoms with Crippen molar-refractivity contribution in [1.29, 1.82) is 0 Å². The van der Waals surface area contributed by atoms with E-state index >= 15 is 0 Å². The standard InChI is InChI=1S/C15H14FNO3/c1-2-12-5-3-4-6-15(12)20-10-11-7-13(16)9-14(8-11)17(18)19/h3-9H,2,10H2,1H3. The highest BCUT2D eigenvalue weighted by atomic mass is 19.1. The first-order valence-electron chi connectivity index (χ1n) is 6.24. The summed E-state index contributed by atoms with van der Waals surface area (Å²) in [6.07, 6.45) is 0.819. The van der Waals surface area contributed by atoms with Crippen LogP contribution in [-0.4, -0.2) is 4.92 Å².